The molecule has 2 aromatic rings. The van der Waals surface area contributed by atoms with Crippen molar-refractivity contribution in [3.05, 3.63) is 27.2 Å². The smallest absolute Gasteiger partial charge is 0.355 e. The van der Waals surface area contributed by atoms with E-state index in [4.69, 9.17) is 5.11 Å². The first-order chi connectivity index (χ1) is 9.04. The first-order valence-corrected chi connectivity index (χ1v) is 6.95. The van der Waals surface area contributed by atoms with E-state index in [1.54, 1.807) is 0 Å². The van der Waals surface area contributed by atoms with Crippen LogP contribution in [0, 0.1) is 6.92 Å². The third kappa shape index (κ3) is 3.73. The van der Waals surface area contributed by atoms with Crippen LogP contribution in [0.25, 0.3) is 0 Å². The number of rotatable bonds is 4. The number of thiazole rings is 2. The summed E-state index contributed by atoms with van der Waals surface area (Å²) in [6.45, 7) is 2.01. The van der Waals surface area contributed by atoms with E-state index in [0.717, 1.165) is 5.69 Å². The van der Waals surface area contributed by atoms with Crippen molar-refractivity contribution >= 4 is 39.8 Å². The van der Waals surface area contributed by atoms with Crippen LogP contribution in [0.1, 0.15) is 21.2 Å². The zero-order chi connectivity index (χ0) is 13.8. The third-order valence-electron chi connectivity index (χ3n) is 2.01. The Balaban J connectivity index is 1.84. The van der Waals surface area contributed by atoms with E-state index < -0.39 is 12.0 Å². The minimum absolute atomic E-state index is 0.0160. The number of nitrogens with zero attached hydrogens (tertiary/aromatic N) is 2. The third-order valence-corrected chi connectivity index (χ3v) is 3.73. The molecule has 9 heteroatoms. The molecule has 0 spiro atoms. The topological polar surface area (TPSA) is 104 Å². The van der Waals surface area contributed by atoms with Crippen molar-refractivity contribution in [2.45, 2.75) is 13.5 Å². The fraction of sp³-hybridized carbons (Fsp3) is 0.200. The van der Waals surface area contributed by atoms with Gasteiger partial charge in [-0.3, -0.25) is 5.32 Å². The van der Waals surface area contributed by atoms with Crippen molar-refractivity contribution in [1.82, 2.24) is 15.3 Å². The number of aryl methyl sites for hydroxylation is 1. The van der Waals surface area contributed by atoms with Gasteiger partial charge in [0.2, 0.25) is 0 Å². The highest BCUT2D eigenvalue weighted by atomic mass is 32.1. The molecule has 0 aliphatic carbocycles. The summed E-state index contributed by atoms with van der Waals surface area (Å²) in [7, 11) is 0. The minimum atomic E-state index is -1.08. The summed E-state index contributed by atoms with van der Waals surface area (Å²) in [6.07, 6.45) is 0. The summed E-state index contributed by atoms with van der Waals surface area (Å²) >= 11 is 2.52. The molecular weight excluding hydrogens is 288 g/mol. The number of carbonyl (C=O) groups is 2. The monoisotopic (exact) mass is 298 g/mol. The van der Waals surface area contributed by atoms with Crippen molar-refractivity contribution in [3.63, 3.8) is 0 Å². The number of hydrogen-bond acceptors (Lipinski definition) is 6. The van der Waals surface area contributed by atoms with Crippen LogP contribution in [0.15, 0.2) is 10.8 Å². The van der Waals surface area contributed by atoms with Crippen LogP contribution in [-0.4, -0.2) is 27.1 Å². The summed E-state index contributed by atoms with van der Waals surface area (Å²) in [4.78, 5) is 30.1. The van der Waals surface area contributed by atoms with Gasteiger partial charge in [-0.1, -0.05) is 0 Å². The van der Waals surface area contributed by atoms with Crippen LogP contribution in [0.3, 0.4) is 0 Å². The molecule has 3 N–H and O–H groups in total. The Bertz CT molecular complexity index is 607. The molecule has 0 aliphatic rings. The van der Waals surface area contributed by atoms with Crippen LogP contribution in [-0.2, 0) is 6.54 Å². The van der Waals surface area contributed by atoms with Crippen molar-refractivity contribution < 1.29 is 14.7 Å². The summed E-state index contributed by atoms with van der Waals surface area (Å²) in [5, 5.41) is 18.2. The molecule has 0 aliphatic heterocycles. The maximum absolute atomic E-state index is 11.5. The number of anilines is 1. The molecule has 0 bridgehead atoms. The van der Waals surface area contributed by atoms with Gasteiger partial charge in [-0.15, -0.1) is 22.7 Å². The van der Waals surface area contributed by atoms with Crippen LogP contribution < -0.4 is 10.6 Å². The average molecular weight is 298 g/mol. The molecule has 0 saturated carbocycles. The molecule has 0 saturated heterocycles. The predicted octanol–water partition coefficient (Wildman–Crippen LogP) is 1.93. The lowest BCUT2D eigenvalue weighted by Gasteiger charge is -2.02. The Kier molecular flexibility index (Phi) is 4.07. The lowest BCUT2D eigenvalue weighted by atomic mass is 10.5. The molecule has 2 heterocycles. The van der Waals surface area contributed by atoms with Crippen LogP contribution >= 0.6 is 22.7 Å². The highest BCUT2D eigenvalue weighted by molar-refractivity contribution is 7.13. The van der Waals surface area contributed by atoms with E-state index in [0.29, 0.717) is 10.1 Å². The lowest BCUT2D eigenvalue weighted by Crippen LogP contribution is -2.28. The second-order valence-electron chi connectivity index (χ2n) is 3.53. The fourth-order valence-corrected chi connectivity index (χ4v) is 2.59. The summed E-state index contributed by atoms with van der Waals surface area (Å²) in [6, 6.07) is -0.401. The quantitative estimate of drug-likeness (QED) is 0.800. The second kappa shape index (κ2) is 5.76. The summed E-state index contributed by atoms with van der Waals surface area (Å²) in [5.41, 5.74) is 0.823. The Morgan fingerprint density at radius 1 is 1.32 bits per heavy atom. The Morgan fingerprint density at radius 2 is 2.11 bits per heavy atom. The summed E-state index contributed by atoms with van der Waals surface area (Å²) in [5.74, 6) is -1.08. The van der Waals surface area contributed by atoms with Crippen LogP contribution in [0.2, 0.25) is 0 Å². The molecular formula is C10H10N4O3S2. The molecule has 2 amide bonds. The molecule has 0 fully saturated rings. The Hall–Kier alpha value is -2.00. The molecule has 19 heavy (non-hydrogen) atoms. The van der Waals surface area contributed by atoms with Gasteiger partial charge in [0.05, 0.1) is 12.2 Å². The van der Waals surface area contributed by atoms with Crippen LogP contribution in [0.5, 0.6) is 0 Å². The van der Waals surface area contributed by atoms with E-state index in [9.17, 15) is 9.59 Å². The van der Waals surface area contributed by atoms with E-state index in [2.05, 4.69) is 20.6 Å². The zero-order valence-corrected chi connectivity index (χ0v) is 11.5. The van der Waals surface area contributed by atoms with Gasteiger partial charge in [-0.25, -0.2) is 19.6 Å². The van der Waals surface area contributed by atoms with E-state index in [-0.39, 0.29) is 12.2 Å². The average Bonchev–Trinajstić information content (AvgIpc) is 2.96. The SMILES string of the molecule is Cc1csc(NC(=O)NCc2nc(C(=O)O)cs2)n1. The number of hydrogen-bond donors (Lipinski definition) is 3. The molecule has 0 radical (unpaired) electrons. The molecule has 2 rings (SSSR count). The van der Waals surface area contributed by atoms with E-state index >= 15 is 0 Å². The van der Waals surface area contributed by atoms with Gasteiger partial charge in [-0.05, 0) is 6.92 Å². The van der Waals surface area contributed by atoms with Crippen molar-refractivity contribution in [1.29, 1.82) is 0 Å². The maximum Gasteiger partial charge on any atom is 0.355 e. The summed E-state index contributed by atoms with van der Waals surface area (Å²) < 4.78 is 0. The molecule has 0 aromatic carbocycles. The van der Waals surface area contributed by atoms with Gasteiger partial charge in [0.25, 0.3) is 0 Å². The molecule has 7 nitrogen and oxygen atoms in total. The van der Waals surface area contributed by atoms with Crippen molar-refractivity contribution in [2.24, 2.45) is 0 Å². The van der Waals surface area contributed by atoms with Gasteiger partial charge in [-0.2, -0.15) is 0 Å². The second-order valence-corrected chi connectivity index (χ2v) is 5.33. The van der Waals surface area contributed by atoms with E-state index in [1.165, 1.54) is 28.1 Å². The fourth-order valence-electron chi connectivity index (χ4n) is 1.20. The van der Waals surface area contributed by atoms with Gasteiger partial charge < -0.3 is 10.4 Å². The Labute approximate surface area is 116 Å². The number of aromatic nitrogens is 2. The van der Waals surface area contributed by atoms with Gasteiger partial charge in [0.15, 0.2) is 10.8 Å². The van der Waals surface area contributed by atoms with Gasteiger partial charge >= 0.3 is 12.0 Å². The molecule has 2 aromatic heterocycles. The number of aromatic carboxylic acids is 1. The maximum atomic E-state index is 11.5. The van der Waals surface area contributed by atoms with Gasteiger partial charge in [0.1, 0.15) is 5.01 Å². The number of amides is 2. The zero-order valence-electron chi connectivity index (χ0n) is 9.84. The molecule has 100 valence electrons. The standard InChI is InChI=1S/C10H10N4O3S2/c1-5-3-19-10(12-5)14-9(17)11-2-7-13-6(4-18-7)8(15)16/h3-4H,2H2,1H3,(H,15,16)(H2,11,12,14,17). The lowest BCUT2D eigenvalue weighted by molar-refractivity contribution is 0.0691. The predicted molar refractivity (Wildman–Crippen MR) is 71.8 cm³/mol. The number of carboxylic acid groups (broad SMARTS) is 1. The van der Waals surface area contributed by atoms with Gasteiger partial charge in [0, 0.05) is 10.8 Å². The highest BCUT2D eigenvalue weighted by Gasteiger charge is 2.10. The van der Waals surface area contributed by atoms with E-state index in [1.807, 2.05) is 12.3 Å². The highest BCUT2D eigenvalue weighted by Crippen LogP contribution is 2.14. The number of nitrogens with one attached hydrogen (secondary N) is 2. The molecule has 0 atom stereocenters. The molecule has 0 unspecified atom stereocenters. The minimum Gasteiger partial charge on any atom is -0.476 e. The number of carbonyl (C=O) groups excluding carboxylic acids is 1. The normalized spacial score (nSPS) is 10.2. The first-order valence-electron chi connectivity index (χ1n) is 5.19. The largest absolute Gasteiger partial charge is 0.476 e. The van der Waals surface area contributed by atoms with Crippen molar-refractivity contribution in [2.75, 3.05) is 5.32 Å². The Morgan fingerprint density at radius 3 is 2.68 bits per heavy atom. The number of carboxylic acids is 1. The number of urea groups is 1. The van der Waals surface area contributed by atoms with Crippen LogP contribution in [0.4, 0.5) is 9.93 Å². The first kappa shape index (κ1) is 13.4. The van der Waals surface area contributed by atoms with Crippen molar-refractivity contribution in [3.8, 4) is 0 Å².